The van der Waals surface area contributed by atoms with E-state index >= 15 is 0 Å². The first-order chi connectivity index (χ1) is 17.9. The molecular formula is C26H35BF2N4O5. The van der Waals surface area contributed by atoms with Crippen molar-refractivity contribution < 1.29 is 33.2 Å². The Balaban J connectivity index is 1.58. The average Bonchev–Trinajstić information content (AvgIpc) is 3.34. The number of piperidine rings is 1. The van der Waals surface area contributed by atoms with Gasteiger partial charge in [-0.3, -0.25) is 9.69 Å². The van der Waals surface area contributed by atoms with E-state index in [9.17, 15) is 33.7 Å². The van der Waals surface area contributed by atoms with Crippen LogP contribution in [0.2, 0.25) is 0 Å². The number of amides is 2. The number of carbonyl (C=O) groups excluding carboxylic acids is 2. The van der Waals surface area contributed by atoms with Crippen molar-refractivity contribution in [3.63, 3.8) is 0 Å². The summed E-state index contributed by atoms with van der Waals surface area (Å²) in [6, 6.07) is 10.5. The minimum atomic E-state index is -2.70. The number of likely N-dealkylation sites (tertiary alicyclic amines) is 2. The molecule has 12 heteroatoms. The number of halogens is 2. The van der Waals surface area contributed by atoms with Crippen LogP contribution >= 0.6 is 0 Å². The first-order valence-corrected chi connectivity index (χ1v) is 12.8. The molecule has 2 saturated heterocycles. The lowest BCUT2D eigenvalue weighted by Crippen LogP contribution is -2.50. The van der Waals surface area contributed by atoms with Gasteiger partial charge in [0, 0.05) is 38.0 Å². The van der Waals surface area contributed by atoms with Gasteiger partial charge in [0.2, 0.25) is 0 Å². The zero-order valence-corrected chi connectivity index (χ0v) is 21.8. The van der Waals surface area contributed by atoms with Crippen molar-refractivity contribution in [3.8, 4) is 6.07 Å². The molecule has 0 aromatic heterocycles. The van der Waals surface area contributed by atoms with Gasteiger partial charge in [-0.2, -0.15) is 5.26 Å². The van der Waals surface area contributed by atoms with Crippen LogP contribution < -0.4 is 5.32 Å². The van der Waals surface area contributed by atoms with E-state index in [1.165, 1.54) is 11.0 Å². The maximum atomic E-state index is 13.6. The van der Waals surface area contributed by atoms with Crippen LogP contribution in [-0.4, -0.2) is 88.7 Å². The second kappa shape index (κ2) is 12.7. The average molecular weight is 532 g/mol. The van der Waals surface area contributed by atoms with Crippen molar-refractivity contribution in [2.75, 3.05) is 26.2 Å². The SMILES string of the molecule is CC(C)(C=C(C#N)C(=O)N1CCCC1COC(=O)N[C@@H](Cc1ccccc1)B(O)O)N1CCC(F)(F)CC1. The second-order valence-electron chi connectivity index (χ2n) is 10.4. The summed E-state index contributed by atoms with van der Waals surface area (Å²) in [7, 11) is -1.80. The van der Waals surface area contributed by atoms with Crippen molar-refractivity contribution in [3.05, 3.63) is 47.5 Å². The number of nitrogens with zero attached hydrogens (tertiary/aromatic N) is 3. The lowest BCUT2D eigenvalue weighted by molar-refractivity contribution is -0.128. The van der Waals surface area contributed by atoms with E-state index in [-0.39, 0.29) is 44.5 Å². The first-order valence-electron chi connectivity index (χ1n) is 12.8. The van der Waals surface area contributed by atoms with Crippen LogP contribution in [0.3, 0.4) is 0 Å². The summed E-state index contributed by atoms with van der Waals surface area (Å²) in [6.07, 6.45) is 1.55. The highest BCUT2D eigenvalue weighted by atomic mass is 19.3. The first kappa shape index (κ1) is 29.5. The molecule has 0 bridgehead atoms. The fraction of sp³-hybridized carbons (Fsp3) is 0.577. The normalized spacial score (nSPS) is 20.9. The fourth-order valence-electron chi connectivity index (χ4n) is 4.89. The summed E-state index contributed by atoms with van der Waals surface area (Å²) in [5, 5.41) is 31.5. The number of alkyl carbamates (subject to hydrolysis) is 1. The Hall–Kier alpha value is -3.01. The van der Waals surface area contributed by atoms with Crippen molar-refractivity contribution in [2.24, 2.45) is 0 Å². The Kier molecular flexibility index (Phi) is 9.87. The number of carbonyl (C=O) groups is 2. The number of ether oxygens (including phenoxy) is 1. The van der Waals surface area contributed by atoms with Crippen LogP contribution in [0.15, 0.2) is 42.0 Å². The molecule has 0 spiro atoms. The van der Waals surface area contributed by atoms with Crippen molar-refractivity contribution >= 4 is 19.1 Å². The molecular weight excluding hydrogens is 497 g/mol. The summed E-state index contributed by atoms with van der Waals surface area (Å²) in [6.45, 7) is 4.16. The maximum absolute atomic E-state index is 13.6. The molecule has 2 fully saturated rings. The number of hydrogen-bond donors (Lipinski definition) is 3. The minimum Gasteiger partial charge on any atom is -0.447 e. The molecule has 206 valence electrons. The summed E-state index contributed by atoms with van der Waals surface area (Å²) in [5.41, 5.74) is -0.0627. The number of nitrogens with one attached hydrogen (secondary N) is 1. The van der Waals surface area contributed by atoms with Crippen molar-refractivity contribution in [2.45, 2.75) is 69.4 Å². The van der Waals surface area contributed by atoms with Gasteiger partial charge in [-0.25, -0.2) is 13.6 Å². The molecule has 38 heavy (non-hydrogen) atoms. The van der Waals surface area contributed by atoms with E-state index < -0.39 is 42.6 Å². The van der Waals surface area contributed by atoms with E-state index in [0.29, 0.717) is 19.4 Å². The zero-order chi connectivity index (χ0) is 27.9. The second-order valence-corrected chi connectivity index (χ2v) is 10.4. The molecule has 2 aliphatic heterocycles. The predicted molar refractivity (Wildman–Crippen MR) is 137 cm³/mol. The van der Waals surface area contributed by atoms with Crippen molar-refractivity contribution in [1.82, 2.24) is 15.1 Å². The van der Waals surface area contributed by atoms with Gasteiger partial charge >= 0.3 is 13.2 Å². The van der Waals surface area contributed by atoms with Gasteiger partial charge in [-0.15, -0.1) is 0 Å². The van der Waals surface area contributed by atoms with Crippen LogP contribution in [0.5, 0.6) is 0 Å². The molecule has 1 unspecified atom stereocenters. The van der Waals surface area contributed by atoms with Gasteiger partial charge in [-0.05, 0) is 44.7 Å². The number of hydrogen-bond acceptors (Lipinski definition) is 7. The summed E-state index contributed by atoms with van der Waals surface area (Å²) in [4.78, 5) is 29.0. The number of benzene rings is 1. The Bertz CT molecular complexity index is 1040. The highest BCUT2D eigenvalue weighted by molar-refractivity contribution is 6.43. The van der Waals surface area contributed by atoms with Crippen LogP contribution in [-0.2, 0) is 16.0 Å². The van der Waals surface area contributed by atoms with Crippen LogP contribution in [0, 0.1) is 11.3 Å². The third-order valence-electron chi connectivity index (χ3n) is 7.16. The molecule has 1 aromatic carbocycles. The Morgan fingerprint density at radius 2 is 1.92 bits per heavy atom. The Morgan fingerprint density at radius 3 is 2.53 bits per heavy atom. The highest BCUT2D eigenvalue weighted by Crippen LogP contribution is 2.32. The van der Waals surface area contributed by atoms with E-state index in [2.05, 4.69) is 5.32 Å². The lowest BCUT2D eigenvalue weighted by atomic mass is 9.76. The Morgan fingerprint density at radius 1 is 1.26 bits per heavy atom. The van der Waals surface area contributed by atoms with Gasteiger partial charge in [0.1, 0.15) is 18.2 Å². The molecule has 0 radical (unpaired) electrons. The third-order valence-corrected chi connectivity index (χ3v) is 7.16. The van der Waals surface area contributed by atoms with Crippen LogP contribution in [0.1, 0.15) is 45.1 Å². The summed E-state index contributed by atoms with van der Waals surface area (Å²) >= 11 is 0. The summed E-state index contributed by atoms with van der Waals surface area (Å²) in [5.74, 6) is -4.19. The monoisotopic (exact) mass is 532 g/mol. The molecule has 2 heterocycles. The smallest absolute Gasteiger partial charge is 0.447 e. The van der Waals surface area contributed by atoms with Crippen LogP contribution in [0.4, 0.5) is 13.6 Å². The lowest BCUT2D eigenvalue weighted by Gasteiger charge is -2.41. The molecule has 2 aliphatic rings. The third kappa shape index (κ3) is 8.00. The largest absolute Gasteiger partial charge is 0.475 e. The molecule has 3 rings (SSSR count). The zero-order valence-electron chi connectivity index (χ0n) is 21.8. The molecule has 2 amide bonds. The minimum absolute atomic E-state index is 0.0880. The Labute approximate surface area is 222 Å². The van der Waals surface area contributed by atoms with Gasteiger partial charge in [0.05, 0.1) is 12.0 Å². The van der Waals surface area contributed by atoms with Crippen molar-refractivity contribution in [1.29, 1.82) is 5.26 Å². The maximum Gasteiger partial charge on any atom is 0.475 e. The van der Waals surface area contributed by atoms with E-state index in [1.807, 2.05) is 17.0 Å². The molecule has 2 atom stereocenters. The molecule has 0 aliphatic carbocycles. The predicted octanol–water partition coefficient (Wildman–Crippen LogP) is 2.29. The molecule has 9 nitrogen and oxygen atoms in total. The van der Waals surface area contributed by atoms with Gasteiger partial charge in [-0.1, -0.05) is 30.3 Å². The number of rotatable bonds is 9. The van der Waals surface area contributed by atoms with Crippen LogP contribution in [0.25, 0.3) is 0 Å². The van der Waals surface area contributed by atoms with E-state index in [1.54, 1.807) is 38.1 Å². The molecule has 1 aromatic rings. The van der Waals surface area contributed by atoms with Gasteiger partial charge in [0.25, 0.3) is 11.8 Å². The topological polar surface area (TPSA) is 126 Å². The number of nitriles is 1. The molecule has 0 saturated carbocycles. The number of alkyl halides is 2. The summed E-state index contributed by atoms with van der Waals surface area (Å²) < 4.78 is 32.5. The highest BCUT2D eigenvalue weighted by Gasteiger charge is 2.39. The quantitative estimate of drug-likeness (QED) is 0.253. The van der Waals surface area contributed by atoms with Gasteiger partial charge in [0.15, 0.2) is 0 Å². The van der Waals surface area contributed by atoms with E-state index in [0.717, 1.165) is 5.56 Å². The molecule has 3 N–H and O–H groups in total. The van der Waals surface area contributed by atoms with E-state index in [4.69, 9.17) is 4.74 Å². The fourth-order valence-corrected chi connectivity index (χ4v) is 4.89. The van der Waals surface area contributed by atoms with Gasteiger partial charge < -0.3 is 25.0 Å². The standard InChI is InChI=1S/C26H35BF2N4O5/c1-25(2,32-13-10-26(28,29)11-14-32)16-20(17-30)23(34)33-12-6-9-21(33)18-38-24(35)31-22(27(36)37)15-19-7-4-3-5-8-19/h3-5,7-8,16,21-22,36-37H,6,9-15,18H2,1-2H3,(H,31,35)/t21?,22-/m0/s1.